The average Bonchev–Trinajstić information content (AvgIpc) is 3.20. The molecule has 0 saturated heterocycles. The maximum Gasteiger partial charge on any atom is 0.139 e. The number of hydrogen-bond acceptors (Lipinski definition) is 3. The molecule has 1 atom stereocenters. The van der Waals surface area contributed by atoms with Crippen molar-refractivity contribution < 1.29 is 4.74 Å². The Morgan fingerprint density at radius 3 is 2.76 bits per heavy atom. The molecule has 0 spiro atoms. The first-order valence-electron chi connectivity index (χ1n) is 7.41. The summed E-state index contributed by atoms with van der Waals surface area (Å²) in [6, 6.07) is 10.7. The molecule has 4 heteroatoms. The van der Waals surface area contributed by atoms with Crippen LogP contribution >= 0.6 is 22.9 Å². The summed E-state index contributed by atoms with van der Waals surface area (Å²) in [5.74, 6) is 1.43. The van der Waals surface area contributed by atoms with Crippen LogP contribution in [0.15, 0.2) is 35.7 Å². The van der Waals surface area contributed by atoms with E-state index in [2.05, 4.69) is 22.8 Å². The Bertz CT molecular complexity index is 578. The fourth-order valence-corrected chi connectivity index (χ4v) is 4.17. The SMILES string of the molecule is COc1cc(NC(c2cccs2)C2CCCC2)ccc1Cl. The van der Waals surface area contributed by atoms with Crippen LogP contribution in [0.4, 0.5) is 5.69 Å². The van der Waals surface area contributed by atoms with Crippen LogP contribution in [0.25, 0.3) is 0 Å². The summed E-state index contributed by atoms with van der Waals surface area (Å²) < 4.78 is 5.31. The molecule has 0 bridgehead atoms. The van der Waals surface area contributed by atoms with E-state index in [1.165, 1.54) is 30.6 Å². The number of methoxy groups -OCH3 is 1. The molecule has 21 heavy (non-hydrogen) atoms. The normalized spacial score (nSPS) is 16.9. The predicted molar refractivity (Wildman–Crippen MR) is 90.6 cm³/mol. The minimum Gasteiger partial charge on any atom is -0.495 e. The molecule has 2 nitrogen and oxygen atoms in total. The van der Waals surface area contributed by atoms with Crippen LogP contribution in [0.2, 0.25) is 5.02 Å². The van der Waals surface area contributed by atoms with E-state index in [1.54, 1.807) is 7.11 Å². The molecule has 1 unspecified atom stereocenters. The first-order valence-corrected chi connectivity index (χ1v) is 8.67. The third-order valence-electron chi connectivity index (χ3n) is 4.19. The van der Waals surface area contributed by atoms with Crippen LogP contribution in [0, 0.1) is 5.92 Å². The third-order valence-corrected chi connectivity index (χ3v) is 5.46. The van der Waals surface area contributed by atoms with E-state index < -0.39 is 0 Å². The quantitative estimate of drug-likeness (QED) is 0.756. The Hall–Kier alpha value is -1.19. The van der Waals surface area contributed by atoms with Crippen molar-refractivity contribution in [2.45, 2.75) is 31.7 Å². The number of hydrogen-bond donors (Lipinski definition) is 1. The van der Waals surface area contributed by atoms with Gasteiger partial charge in [-0.2, -0.15) is 0 Å². The molecular weight excluding hydrogens is 302 g/mol. The molecular formula is C17H20ClNOS. The molecule has 1 saturated carbocycles. The Morgan fingerprint density at radius 2 is 2.10 bits per heavy atom. The summed E-state index contributed by atoms with van der Waals surface area (Å²) in [5, 5.41) is 6.50. The zero-order valence-corrected chi connectivity index (χ0v) is 13.7. The summed E-state index contributed by atoms with van der Waals surface area (Å²) in [5.41, 5.74) is 1.07. The fraction of sp³-hybridized carbons (Fsp3) is 0.412. The number of rotatable bonds is 5. The van der Waals surface area contributed by atoms with Crippen molar-refractivity contribution in [1.29, 1.82) is 0 Å². The summed E-state index contributed by atoms with van der Waals surface area (Å²) in [7, 11) is 1.65. The van der Waals surface area contributed by atoms with Gasteiger partial charge in [0.2, 0.25) is 0 Å². The third kappa shape index (κ3) is 3.35. The van der Waals surface area contributed by atoms with Gasteiger partial charge in [-0.3, -0.25) is 0 Å². The molecule has 112 valence electrons. The highest BCUT2D eigenvalue weighted by Crippen LogP contribution is 2.40. The Balaban J connectivity index is 1.84. The standard InChI is InChI=1S/C17H20ClNOS/c1-20-15-11-13(8-9-14(15)18)19-17(12-5-2-3-6-12)16-7-4-10-21-16/h4,7-12,17,19H,2-3,5-6H2,1H3. The molecule has 1 fully saturated rings. The Morgan fingerprint density at radius 1 is 1.29 bits per heavy atom. The van der Waals surface area contributed by atoms with Gasteiger partial charge in [-0.25, -0.2) is 0 Å². The lowest BCUT2D eigenvalue weighted by Gasteiger charge is -2.25. The van der Waals surface area contributed by atoms with E-state index in [0.29, 0.717) is 17.0 Å². The van der Waals surface area contributed by atoms with Crippen LogP contribution < -0.4 is 10.1 Å². The lowest BCUT2D eigenvalue weighted by Crippen LogP contribution is -2.18. The van der Waals surface area contributed by atoms with Crippen LogP contribution in [0.1, 0.15) is 36.6 Å². The average molecular weight is 322 g/mol. The van der Waals surface area contributed by atoms with E-state index in [-0.39, 0.29) is 0 Å². The monoisotopic (exact) mass is 321 g/mol. The number of thiophene rings is 1. The number of anilines is 1. The van der Waals surface area contributed by atoms with Gasteiger partial charge in [-0.15, -0.1) is 11.3 Å². The van der Waals surface area contributed by atoms with Crippen molar-refractivity contribution in [2.24, 2.45) is 5.92 Å². The van der Waals surface area contributed by atoms with Crippen molar-refractivity contribution in [3.8, 4) is 5.75 Å². The molecule has 3 rings (SSSR count). The predicted octanol–water partition coefficient (Wildman–Crippen LogP) is 5.75. The van der Waals surface area contributed by atoms with Crippen LogP contribution in [0.3, 0.4) is 0 Å². The van der Waals surface area contributed by atoms with Gasteiger partial charge in [-0.05, 0) is 42.3 Å². The lowest BCUT2D eigenvalue weighted by molar-refractivity contribution is 0.415. The van der Waals surface area contributed by atoms with Gasteiger partial charge >= 0.3 is 0 Å². The highest BCUT2D eigenvalue weighted by Gasteiger charge is 2.27. The largest absolute Gasteiger partial charge is 0.495 e. The van der Waals surface area contributed by atoms with E-state index in [9.17, 15) is 0 Å². The molecule has 0 amide bonds. The van der Waals surface area contributed by atoms with Gasteiger partial charge in [0.15, 0.2) is 0 Å². The molecule has 1 aliphatic rings. The second-order valence-electron chi connectivity index (χ2n) is 5.53. The molecule has 1 aliphatic carbocycles. The smallest absolute Gasteiger partial charge is 0.139 e. The minimum atomic E-state index is 0.387. The maximum absolute atomic E-state index is 6.11. The van der Waals surface area contributed by atoms with Crippen LogP contribution in [-0.2, 0) is 0 Å². The van der Waals surface area contributed by atoms with E-state index in [4.69, 9.17) is 16.3 Å². The number of halogens is 1. The van der Waals surface area contributed by atoms with Gasteiger partial charge in [0.25, 0.3) is 0 Å². The Labute approximate surface area is 135 Å². The molecule has 2 aromatic rings. The van der Waals surface area contributed by atoms with Gasteiger partial charge in [0.05, 0.1) is 18.2 Å². The second kappa shape index (κ2) is 6.71. The van der Waals surface area contributed by atoms with Crippen molar-refractivity contribution in [1.82, 2.24) is 0 Å². The fourth-order valence-electron chi connectivity index (χ4n) is 3.11. The molecule has 1 heterocycles. The summed E-state index contributed by atoms with van der Waals surface area (Å²) in [4.78, 5) is 1.41. The van der Waals surface area contributed by atoms with E-state index in [0.717, 1.165) is 11.4 Å². The number of nitrogens with one attached hydrogen (secondary N) is 1. The van der Waals surface area contributed by atoms with Crippen molar-refractivity contribution in [3.05, 3.63) is 45.6 Å². The first kappa shape index (κ1) is 14.7. The van der Waals surface area contributed by atoms with E-state index >= 15 is 0 Å². The maximum atomic E-state index is 6.11. The van der Waals surface area contributed by atoms with Gasteiger partial charge in [0.1, 0.15) is 5.75 Å². The molecule has 0 aliphatic heterocycles. The number of ether oxygens (including phenoxy) is 1. The highest BCUT2D eigenvalue weighted by molar-refractivity contribution is 7.10. The van der Waals surface area contributed by atoms with Crippen LogP contribution in [-0.4, -0.2) is 7.11 Å². The minimum absolute atomic E-state index is 0.387. The van der Waals surface area contributed by atoms with Crippen molar-refractivity contribution in [2.75, 3.05) is 12.4 Å². The molecule has 1 N–H and O–H groups in total. The second-order valence-corrected chi connectivity index (χ2v) is 6.92. The molecule has 1 aromatic heterocycles. The Kier molecular flexibility index (Phi) is 4.71. The van der Waals surface area contributed by atoms with E-state index in [1.807, 2.05) is 29.5 Å². The first-order chi connectivity index (χ1) is 10.3. The lowest BCUT2D eigenvalue weighted by atomic mass is 9.96. The van der Waals surface area contributed by atoms with Crippen molar-refractivity contribution >= 4 is 28.6 Å². The highest BCUT2D eigenvalue weighted by atomic mass is 35.5. The molecule has 1 aromatic carbocycles. The number of benzene rings is 1. The zero-order chi connectivity index (χ0) is 14.7. The molecule has 0 radical (unpaired) electrons. The topological polar surface area (TPSA) is 21.3 Å². The van der Waals surface area contributed by atoms with Crippen molar-refractivity contribution in [3.63, 3.8) is 0 Å². The summed E-state index contributed by atoms with van der Waals surface area (Å²) >= 11 is 7.94. The summed E-state index contributed by atoms with van der Waals surface area (Å²) in [6.07, 6.45) is 5.30. The summed E-state index contributed by atoms with van der Waals surface area (Å²) in [6.45, 7) is 0. The van der Waals surface area contributed by atoms with Crippen LogP contribution in [0.5, 0.6) is 5.75 Å². The van der Waals surface area contributed by atoms with Gasteiger partial charge in [-0.1, -0.05) is 30.5 Å². The van der Waals surface area contributed by atoms with Gasteiger partial charge < -0.3 is 10.1 Å². The van der Waals surface area contributed by atoms with Gasteiger partial charge in [0, 0.05) is 16.6 Å². The zero-order valence-electron chi connectivity index (χ0n) is 12.1.